The lowest BCUT2D eigenvalue weighted by Crippen LogP contribution is -2.17. The second-order valence-corrected chi connectivity index (χ2v) is 8.20. The van der Waals surface area contributed by atoms with E-state index in [-0.39, 0.29) is 0 Å². The van der Waals surface area contributed by atoms with Gasteiger partial charge in [0.25, 0.3) is 0 Å². The highest BCUT2D eigenvalue weighted by atomic mass is 32.2. The Bertz CT molecular complexity index is 608. The number of thioether (sulfide) groups is 1. The van der Waals surface area contributed by atoms with E-state index in [0.29, 0.717) is 6.04 Å². The normalized spacial score (nSPS) is 22.6. The van der Waals surface area contributed by atoms with Crippen molar-refractivity contribution in [1.29, 1.82) is 0 Å². The van der Waals surface area contributed by atoms with Crippen molar-refractivity contribution in [3.05, 3.63) is 16.8 Å². The highest BCUT2D eigenvalue weighted by Gasteiger charge is 2.25. The molecule has 1 fully saturated rings. The summed E-state index contributed by atoms with van der Waals surface area (Å²) in [6.07, 6.45) is 5.52. The highest BCUT2D eigenvalue weighted by Crippen LogP contribution is 2.35. The Morgan fingerprint density at radius 2 is 2.20 bits per heavy atom. The summed E-state index contributed by atoms with van der Waals surface area (Å²) in [7, 11) is 0. The predicted molar refractivity (Wildman–Crippen MR) is 90.1 cm³/mol. The van der Waals surface area contributed by atoms with Crippen LogP contribution in [0.4, 0.5) is 5.82 Å². The molecule has 1 aliphatic carbocycles. The first-order valence-corrected chi connectivity index (χ1v) is 9.14. The maximum absolute atomic E-state index is 4.49. The maximum Gasteiger partial charge on any atom is 0.138 e. The molecule has 0 spiro atoms. The Balaban J connectivity index is 1.81. The van der Waals surface area contributed by atoms with Gasteiger partial charge in [-0.2, -0.15) is 11.8 Å². The SMILES string of the molecule is CCSC1CCC(Nc2ncnc3sc(C)c(C)c23)C1. The minimum absolute atomic E-state index is 0.566. The quantitative estimate of drug-likeness (QED) is 0.909. The average Bonchev–Trinajstić information content (AvgIpc) is 2.97. The molecule has 0 radical (unpaired) electrons. The van der Waals surface area contributed by atoms with Crippen molar-refractivity contribution in [3.8, 4) is 0 Å². The summed E-state index contributed by atoms with van der Waals surface area (Å²) in [4.78, 5) is 11.3. The van der Waals surface area contributed by atoms with Gasteiger partial charge < -0.3 is 5.32 Å². The van der Waals surface area contributed by atoms with Crippen LogP contribution in [0.3, 0.4) is 0 Å². The Morgan fingerprint density at radius 3 is 3.00 bits per heavy atom. The van der Waals surface area contributed by atoms with Crippen LogP contribution in [0, 0.1) is 13.8 Å². The lowest BCUT2D eigenvalue weighted by Gasteiger charge is -2.14. The van der Waals surface area contributed by atoms with Crippen LogP contribution in [0.1, 0.15) is 36.6 Å². The minimum atomic E-state index is 0.566. The molecule has 20 heavy (non-hydrogen) atoms. The summed E-state index contributed by atoms with van der Waals surface area (Å²) in [5.41, 5.74) is 1.32. The van der Waals surface area contributed by atoms with Gasteiger partial charge in [0.15, 0.2) is 0 Å². The van der Waals surface area contributed by atoms with Crippen molar-refractivity contribution in [2.24, 2.45) is 0 Å². The summed E-state index contributed by atoms with van der Waals surface area (Å²) in [6.45, 7) is 6.58. The first-order valence-electron chi connectivity index (χ1n) is 7.28. The number of rotatable bonds is 4. The molecule has 2 atom stereocenters. The zero-order chi connectivity index (χ0) is 14.1. The molecule has 1 aliphatic rings. The lowest BCUT2D eigenvalue weighted by atomic mass is 10.2. The molecule has 0 aliphatic heterocycles. The van der Waals surface area contributed by atoms with E-state index in [1.165, 1.54) is 40.8 Å². The molecule has 2 aromatic heterocycles. The average molecular weight is 307 g/mol. The van der Waals surface area contributed by atoms with E-state index in [1.807, 2.05) is 0 Å². The van der Waals surface area contributed by atoms with E-state index in [2.05, 4.69) is 47.8 Å². The van der Waals surface area contributed by atoms with Gasteiger partial charge in [0.05, 0.1) is 5.39 Å². The molecule has 0 saturated heterocycles. The molecule has 0 bridgehead atoms. The second kappa shape index (κ2) is 5.90. The van der Waals surface area contributed by atoms with Crippen LogP contribution < -0.4 is 5.32 Å². The van der Waals surface area contributed by atoms with Crippen molar-refractivity contribution in [2.45, 2.75) is 51.3 Å². The third-order valence-corrected chi connectivity index (χ3v) is 6.44. The first-order chi connectivity index (χ1) is 9.69. The van der Waals surface area contributed by atoms with Crippen LogP contribution in [0.15, 0.2) is 6.33 Å². The van der Waals surface area contributed by atoms with Gasteiger partial charge in [0, 0.05) is 16.2 Å². The molecule has 2 aromatic rings. The second-order valence-electron chi connectivity index (χ2n) is 5.42. The number of nitrogens with zero attached hydrogens (tertiary/aromatic N) is 2. The number of aryl methyl sites for hydroxylation is 2. The van der Waals surface area contributed by atoms with E-state index in [9.17, 15) is 0 Å². The third kappa shape index (κ3) is 2.66. The minimum Gasteiger partial charge on any atom is -0.367 e. The number of aromatic nitrogens is 2. The molecule has 3 rings (SSSR count). The van der Waals surface area contributed by atoms with Crippen molar-refractivity contribution in [2.75, 3.05) is 11.1 Å². The van der Waals surface area contributed by atoms with E-state index in [1.54, 1.807) is 17.7 Å². The monoisotopic (exact) mass is 307 g/mol. The lowest BCUT2D eigenvalue weighted by molar-refractivity contribution is 0.753. The van der Waals surface area contributed by atoms with E-state index in [0.717, 1.165) is 15.9 Å². The van der Waals surface area contributed by atoms with Crippen LogP contribution in [0.2, 0.25) is 0 Å². The summed E-state index contributed by atoms with van der Waals surface area (Å²) >= 11 is 3.86. The standard InChI is InChI=1S/C15H21N3S2/c1-4-19-12-6-5-11(7-12)18-14-13-9(2)10(3)20-15(13)17-8-16-14/h8,11-12H,4-7H2,1-3H3,(H,16,17,18). The largest absolute Gasteiger partial charge is 0.367 e. The maximum atomic E-state index is 4.49. The molecule has 0 aromatic carbocycles. The molecular weight excluding hydrogens is 286 g/mol. The number of thiophene rings is 1. The Hall–Kier alpha value is -0.810. The Kier molecular flexibility index (Phi) is 4.17. The number of anilines is 1. The topological polar surface area (TPSA) is 37.8 Å². The van der Waals surface area contributed by atoms with Gasteiger partial charge in [0.1, 0.15) is 17.0 Å². The summed E-state index contributed by atoms with van der Waals surface area (Å²) in [5, 5.41) is 5.71. The van der Waals surface area contributed by atoms with Crippen LogP contribution in [-0.4, -0.2) is 27.0 Å². The fraction of sp³-hybridized carbons (Fsp3) is 0.600. The fourth-order valence-electron chi connectivity index (χ4n) is 2.94. The van der Waals surface area contributed by atoms with Crippen molar-refractivity contribution in [1.82, 2.24) is 9.97 Å². The van der Waals surface area contributed by atoms with Gasteiger partial charge >= 0.3 is 0 Å². The molecule has 2 heterocycles. The van der Waals surface area contributed by atoms with Gasteiger partial charge in [-0.15, -0.1) is 11.3 Å². The van der Waals surface area contributed by atoms with Gasteiger partial charge in [-0.1, -0.05) is 6.92 Å². The van der Waals surface area contributed by atoms with Crippen LogP contribution >= 0.6 is 23.1 Å². The van der Waals surface area contributed by atoms with Crippen LogP contribution in [-0.2, 0) is 0 Å². The van der Waals surface area contributed by atoms with E-state index >= 15 is 0 Å². The smallest absolute Gasteiger partial charge is 0.138 e. The van der Waals surface area contributed by atoms with Crippen molar-refractivity contribution >= 4 is 39.1 Å². The van der Waals surface area contributed by atoms with Gasteiger partial charge in [0.2, 0.25) is 0 Å². The number of hydrogen-bond donors (Lipinski definition) is 1. The van der Waals surface area contributed by atoms with Gasteiger partial charge in [-0.3, -0.25) is 0 Å². The Morgan fingerprint density at radius 1 is 1.35 bits per heavy atom. The highest BCUT2D eigenvalue weighted by molar-refractivity contribution is 7.99. The summed E-state index contributed by atoms with van der Waals surface area (Å²) in [6, 6.07) is 0.566. The van der Waals surface area contributed by atoms with Crippen molar-refractivity contribution in [3.63, 3.8) is 0 Å². The molecule has 5 heteroatoms. The zero-order valence-corrected chi connectivity index (χ0v) is 13.9. The number of nitrogens with one attached hydrogen (secondary N) is 1. The van der Waals surface area contributed by atoms with Crippen molar-refractivity contribution < 1.29 is 0 Å². The van der Waals surface area contributed by atoms with Gasteiger partial charge in [-0.05, 0) is 44.4 Å². The molecule has 3 nitrogen and oxygen atoms in total. The summed E-state index contributed by atoms with van der Waals surface area (Å²) in [5.74, 6) is 2.25. The predicted octanol–water partition coefficient (Wildman–Crippen LogP) is 4.39. The third-order valence-electron chi connectivity index (χ3n) is 4.09. The molecule has 108 valence electrons. The number of hydrogen-bond acceptors (Lipinski definition) is 5. The van der Waals surface area contributed by atoms with Crippen LogP contribution in [0.5, 0.6) is 0 Å². The zero-order valence-electron chi connectivity index (χ0n) is 12.3. The fourth-order valence-corrected chi connectivity index (χ4v) is 5.08. The first kappa shape index (κ1) is 14.1. The molecule has 1 saturated carbocycles. The van der Waals surface area contributed by atoms with E-state index < -0.39 is 0 Å². The number of fused-ring (bicyclic) bond motifs is 1. The molecular formula is C15H21N3S2. The Labute approximate surface area is 128 Å². The van der Waals surface area contributed by atoms with Crippen LogP contribution in [0.25, 0.3) is 10.2 Å². The molecule has 1 N–H and O–H groups in total. The molecule has 2 unspecified atom stereocenters. The van der Waals surface area contributed by atoms with E-state index in [4.69, 9.17) is 0 Å². The van der Waals surface area contributed by atoms with Gasteiger partial charge in [-0.25, -0.2) is 9.97 Å². The molecule has 0 amide bonds. The summed E-state index contributed by atoms with van der Waals surface area (Å²) < 4.78 is 0.